The quantitative estimate of drug-likeness (QED) is 0.420. The summed E-state index contributed by atoms with van der Waals surface area (Å²) in [6.45, 7) is 6.07. The summed E-state index contributed by atoms with van der Waals surface area (Å²) < 4.78 is 2.81. The highest BCUT2D eigenvalue weighted by Crippen LogP contribution is 2.29. The number of aromatic nitrogens is 5. The summed E-state index contributed by atoms with van der Waals surface area (Å²) in [5.74, 6) is 0.249. The first-order valence-corrected chi connectivity index (χ1v) is 11.3. The standard InChI is InChI=1S/C21H22N6OS2/c1-13-9-10-17(14(2)11-13)27-21(23-24-25-27)29-12-19(28)26(4)15(3)20-22-16-7-5-6-8-18(16)30-20/h5-11,15H,12H2,1-4H3/t15-/m0/s1. The normalized spacial score (nSPS) is 12.3. The van der Waals surface area contributed by atoms with E-state index in [1.807, 2.05) is 64.2 Å². The fourth-order valence-electron chi connectivity index (χ4n) is 3.14. The predicted molar refractivity (Wildman–Crippen MR) is 120 cm³/mol. The van der Waals surface area contributed by atoms with Gasteiger partial charge in [-0.1, -0.05) is 41.6 Å². The third kappa shape index (κ3) is 4.08. The van der Waals surface area contributed by atoms with Crippen molar-refractivity contribution in [2.45, 2.75) is 32.0 Å². The second-order valence-electron chi connectivity index (χ2n) is 7.15. The molecule has 0 spiro atoms. The Balaban J connectivity index is 1.45. The van der Waals surface area contributed by atoms with Crippen LogP contribution in [0.1, 0.15) is 29.1 Å². The van der Waals surface area contributed by atoms with Crippen molar-refractivity contribution in [3.8, 4) is 5.69 Å². The van der Waals surface area contributed by atoms with E-state index in [1.165, 1.54) is 17.3 Å². The van der Waals surface area contributed by atoms with Crippen LogP contribution < -0.4 is 0 Å². The van der Waals surface area contributed by atoms with Crippen LogP contribution in [0.25, 0.3) is 15.9 Å². The number of fused-ring (bicyclic) bond motifs is 1. The van der Waals surface area contributed by atoms with Gasteiger partial charge in [0.25, 0.3) is 0 Å². The number of benzene rings is 2. The SMILES string of the molecule is Cc1ccc(-n2nnnc2SCC(=O)N(C)[C@@H](C)c2nc3ccccc3s2)c(C)c1. The molecule has 1 amide bonds. The van der Waals surface area contributed by atoms with Gasteiger partial charge in [-0.05, 0) is 55.0 Å². The van der Waals surface area contributed by atoms with Crippen LogP contribution in [-0.4, -0.2) is 48.8 Å². The molecule has 0 radical (unpaired) electrons. The molecule has 1 atom stereocenters. The Morgan fingerprint density at radius 3 is 2.80 bits per heavy atom. The molecule has 4 rings (SSSR count). The van der Waals surface area contributed by atoms with E-state index >= 15 is 0 Å². The molecule has 7 nitrogen and oxygen atoms in total. The maximum Gasteiger partial charge on any atom is 0.233 e. The first-order chi connectivity index (χ1) is 14.4. The molecule has 9 heteroatoms. The molecular formula is C21H22N6OS2. The van der Waals surface area contributed by atoms with E-state index in [-0.39, 0.29) is 17.7 Å². The van der Waals surface area contributed by atoms with Gasteiger partial charge in [0.1, 0.15) is 5.01 Å². The first kappa shape index (κ1) is 20.5. The molecule has 0 aliphatic rings. The van der Waals surface area contributed by atoms with E-state index in [0.717, 1.165) is 26.5 Å². The van der Waals surface area contributed by atoms with E-state index in [9.17, 15) is 4.79 Å². The number of hydrogen-bond acceptors (Lipinski definition) is 7. The molecule has 0 bridgehead atoms. The highest BCUT2D eigenvalue weighted by Gasteiger charge is 2.22. The number of thioether (sulfide) groups is 1. The largest absolute Gasteiger partial charge is 0.336 e. The van der Waals surface area contributed by atoms with Gasteiger partial charge in [-0.3, -0.25) is 4.79 Å². The predicted octanol–water partition coefficient (Wildman–Crippen LogP) is 4.20. The third-order valence-electron chi connectivity index (χ3n) is 4.99. The summed E-state index contributed by atoms with van der Waals surface area (Å²) in [7, 11) is 1.81. The van der Waals surface area contributed by atoms with Gasteiger partial charge >= 0.3 is 0 Å². The zero-order chi connectivity index (χ0) is 21.3. The Morgan fingerprint density at radius 2 is 2.03 bits per heavy atom. The number of nitrogens with zero attached hydrogens (tertiary/aromatic N) is 6. The van der Waals surface area contributed by atoms with Crippen molar-refractivity contribution >= 4 is 39.2 Å². The van der Waals surface area contributed by atoms with Crippen molar-refractivity contribution in [2.75, 3.05) is 12.8 Å². The Labute approximate surface area is 183 Å². The minimum atomic E-state index is -0.106. The smallest absolute Gasteiger partial charge is 0.233 e. The van der Waals surface area contributed by atoms with Gasteiger partial charge in [-0.2, -0.15) is 4.68 Å². The second kappa shape index (κ2) is 8.53. The number of para-hydroxylation sites is 1. The van der Waals surface area contributed by atoms with Gasteiger partial charge in [0.2, 0.25) is 11.1 Å². The maximum absolute atomic E-state index is 12.8. The van der Waals surface area contributed by atoms with Crippen molar-refractivity contribution in [1.29, 1.82) is 0 Å². The Kier molecular flexibility index (Phi) is 5.83. The number of amides is 1. The Hall–Kier alpha value is -2.78. The van der Waals surface area contributed by atoms with Gasteiger partial charge in [0.15, 0.2) is 0 Å². The van der Waals surface area contributed by atoms with Crippen LogP contribution in [0.4, 0.5) is 0 Å². The molecule has 0 N–H and O–H groups in total. The third-order valence-corrected chi connectivity index (χ3v) is 7.10. The Morgan fingerprint density at radius 1 is 1.23 bits per heavy atom. The number of aryl methyl sites for hydroxylation is 2. The van der Waals surface area contributed by atoms with Gasteiger partial charge in [-0.15, -0.1) is 16.4 Å². The van der Waals surface area contributed by atoms with Crippen LogP contribution in [0.3, 0.4) is 0 Å². The fourth-order valence-corrected chi connectivity index (χ4v) is 5.01. The number of hydrogen-bond donors (Lipinski definition) is 0. The molecular weight excluding hydrogens is 416 g/mol. The zero-order valence-electron chi connectivity index (χ0n) is 17.2. The van der Waals surface area contributed by atoms with Gasteiger partial charge in [0.05, 0.1) is 27.7 Å². The number of carbonyl (C=O) groups excluding carboxylic acids is 1. The lowest BCUT2D eigenvalue weighted by molar-refractivity contribution is -0.128. The first-order valence-electron chi connectivity index (χ1n) is 9.54. The summed E-state index contributed by atoms with van der Waals surface area (Å²) in [6.07, 6.45) is 0. The van der Waals surface area contributed by atoms with Crippen molar-refractivity contribution in [2.24, 2.45) is 0 Å². The van der Waals surface area contributed by atoms with Crippen LogP contribution in [0.2, 0.25) is 0 Å². The molecule has 30 heavy (non-hydrogen) atoms. The summed E-state index contributed by atoms with van der Waals surface area (Å²) in [5.41, 5.74) is 4.14. The average molecular weight is 439 g/mol. The molecule has 2 aromatic heterocycles. The van der Waals surface area contributed by atoms with E-state index in [2.05, 4.69) is 26.6 Å². The van der Waals surface area contributed by atoms with Crippen molar-refractivity contribution in [3.63, 3.8) is 0 Å². The number of tetrazole rings is 1. The monoisotopic (exact) mass is 438 g/mol. The molecule has 0 fully saturated rings. The zero-order valence-corrected chi connectivity index (χ0v) is 18.9. The lowest BCUT2D eigenvalue weighted by Crippen LogP contribution is -2.31. The topological polar surface area (TPSA) is 76.8 Å². The molecule has 2 aromatic carbocycles. The van der Waals surface area contributed by atoms with E-state index in [0.29, 0.717) is 5.16 Å². The van der Waals surface area contributed by atoms with Gasteiger partial charge in [0, 0.05) is 7.05 Å². The molecule has 0 saturated heterocycles. The van der Waals surface area contributed by atoms with E-state index < -0.39 is 0 Å². The summed E-state index contributed by atoms with van der Waals surface area (Å²) in [6, 6.07) is 14.0. The van der Waals surface area contributed by atoms with Gasteiger partial charge < -0.3 is 4.90 Å². The number of rotatable bonds is 6. The lowest BCUT2D eigenvalue weighted by atomic mass is 10.1. The Bertz CT molecular complexity index is 1170. The summed E-state index contributed by atoms with van der Waals surface area (Å²) >= 11 is 2.96. The minimum Gasteiger partial charge on any atom is -0.336 e. The van der Waals surface area contributed by atoms with Crippen LogP contribution in [0, 0.1) is 13.8 Å². The minimum absolute atomic E-state index is 0.00179. The molecule has 154 valence electrons. The molecule has 2 heterocycles. The highest BCUT2D eigenvalue weighted by molar-refractivity contribution is 7.99. The molecule has 4 aromatic rings. The van der Waals surface area contributed by atoms with Crippen molar-refractivity contribution in [1.82, 2.24) is 30.1 Å². The van der Waals surface area contributed by atoms with Crippen LogP contribution in [-0.2, 0) is 4.79 Å². The average Bonchev–Trinajstić information content (AvgIpc) is 3.37. The number of thiazole rings is 1. The summed E-state index contributed by atoms with van der Waals surface area (Å²) in [5, 5.41) is 13.5. The van der Waals surface area contributed by atoms with Crippen LogP contribution in [0.15, 0.2) is 47.6 Å². The van der Waals surface area contributed by atoms with Crippen LogP contribution >= 0.6 is 23.1 Å². The van der Waals surface area contributed by atoms with Crippen LogP contribution in [0.5, 0.6) is 0 Å². The summed E-state index contributed by atoms with van der Waals surface area (Å²) in [4.78, 5) is 19.2. The van der Waals surface area contributed by atoms with Crippen molar-refractivity contribution in [3.05, 3.63) is 58.6 Å². The van der Waals surface area contributed by atoms with Gasteiger partial charge in [-0.25, -0.2) is 4.98 Å². The second-order valence-corrected chi connectivity index (χ2v) is 9.16. The van der Waals surface area contributed by atoms with E-state index in [4.69, 9.17) is 0 Å². The van der Waals surface area contributed by atoms with Crippen molar-refractivity contribution < 1.29 is 4.79 Å². The lowest BCUT2D eigenvalue weighted by Gasteiger charge is -2.23. The maximum atomic E-state index is 12.8. The molecule has 0 unspecified atom stereocenters. The molecule has 0 aliphatic carbocycles. The molecule has 0 saturated carbocycles. The highest BCUT2D eigenvalue weighted by atomic mass is 32.2. The van der Waals surface area contributed by atoms with E-state index in [1.54, 1.807) is 20.9 Å². The fraction of sp³-hybridized carbons (Fsp3) is 0.286. The molecule has 0 aliphatic heterocycles. The number of carbonyl (C=O) groups is 1.